The quantitative estimate of drug-likeness (QED) is 0.265. The zero-order chi connectivity index (χ0) is 24.3. The molecular weight excluding hydrogens is 476 g/mol. The first-order valence-corrected chi connectivity index (χ1v) is 12.4. The predicted octanol–water partition coefficient (Wildman–Crippen LogP) is 5.26. The average molecular weight is 503 g/mol. The molecule has 0 spiro atoms. The smallest absolute Gasteiger partial charge is 0.316 e. The Bertz CT molecular complexity index is 1090. The minimum absolute atomic E-state index is 0.183. The van der Waals surface area contributed by atoms with Crippen LogP contribution in [0.4, 0.5) is 5.13 Å². The van der Waals surface area contributed by atoms with Gasteiger partial charge in [0.2, 0.25) is 0 Å². The van der Waals surface area contributed by atoms with Crippen molar-refractivity contribution >= 4 is 40.1 Å². The van der Waals surface area contributed by atoms with E-state index in [-0.39, 0.29) is 23.7 Å². The highest BCUT2D eigenvalue weighted by Crippen LogP contribution is 2.31. The Morgan fingerprint density at radius 3 is 2.62 bits per heavy atom. The van der Waals surface area contributed by atoms with Crippen LogP contribution < -0.4 is 14.8 Å². The van der Waals surface area contributed by atoms with E-state index in [9.17, 15) is 9.59 Å². The zero-order valence-corrected chi connectivity index (χ0v) is 20.7. The van der Waals surface area contributed by atoms with Gasteiger partial charge in [0, 0.05) is 18.7 Å². The summed E-state index contributed by atoms with van der Waals surface area (Å²) in [5.41, 5.74) is 0.351. The SMILES string of the molecule is CCOC(=O)CSc1cnc(NC(=O)c2cc(Oc3ccccc3)cc(O[C@@H](C)COC)c2)s1. The molecule has 0 aliphatic carbocycles. The molecule has 3 rings (SSSR count). The molecular formula is C24H26N2O6S2. The number of carbonyl (C=O) groups is 2. The van der Waals surface area contributed by atoms with E-state index < -0.39 is 0 Å². The molecule has 0 saturated heterocycles. The summed E-state index contributed by atoms with van der Waals surface area (Å²) < 4.78 is 22.7. The summed E-state index contributed by atoms with van der Waals surface area (Å²) >= 11 is 2.59. The minimum atomic E-state index is -0.362. The monoisotopic (exact) mass is 502 g/mol. The number of amides is 1. The van der Waals surface area contributed by atoms with Crippen LogP contribution in [0.25, 0.3) is 0 Å². The first-order chi connectivity index (χ1) is 16.5. The van der Waals surface area contributed by atoms with Crippen LogP contribution in [0.5, 0.6) is 17.2 Å². The first kappa shape index (κ1) is 25.5. The number of aromatic nitrogens is 1. The highest BCUT2D eigenvalue weighted by Gasteiger charge is 2.15. The van der Waals surface area contributed by atoms with Gasteiger partial charge in [-0.3, -0.25) is 14.9 Å². The highest BCUT2D eigenvalue weighted by atomic mass is 32.2. The van der Waals surface area contributed by atoms with E-state index in [1.807, 2.05) is 37.3 Å². The van der Waals surface area contributed by atoms with Crippen molar-refractivity contribution < 1.29 is 28.5 Å². The van der Waals surface area contributed by atoms with E-state index in [1.165, 1.54) is 23.1 Å². The van der Waals surface area contributed by atoms with Crippen LogP contribution in [0.3, 0.4) is 0 Å². The van der Waals surface area contributed by atoms with Gasteiger partial charge in [-0.1, -0.05) is 29.5 Å². The molecule has 180 valence electrons. The summed E-state index contributed by atoms with van der Waals surface area (Å²) in [5, 5.41) is 3.21. The molecule has 8 nitrogen and oxygen atoms in total. The van der Waals surface area contributed by atoms with Crippen molar-refractivity contribution in [3.63, 3.8) is 0 Å². The predicted molar refractivity (Wildman–Crippen MR) is 132 cm³/mol. The molecule has 0 aliphatic rings. The molecule has 0 radical (unpaired) electrons. The van der Waals surface area contributed by atoms with Gasteiger partial charge in [0.05, 0.1) is 29.4 Å². The number of ether oxygens (including phenoxy) is 4. The number of benzene rings is 2. The Morgan fingerprint density at radius 1 is 1.12 bits per heavy atom. The molecule has 0 aliphatic heterocycles. The molecule has 1 amide bonds. The van der Waals surface area contributed by atoms with Crippen molar-refractivity contribution in [2.75, 3.05) is 31.4 Å². The van der Waals surface area contributed by atoms with Crippen LogP contribution in [0.15, 0.2) is 58.9 Å². The van der Waals surface area contributed by atoms with Crippen LogP contribution in [0.1, 0.15) is 24.2 Å². The Hall–Kier alpha value is -3.08. The maximum Gasteiger partial charge on any atom is 0.316 e. The lowest BCUT2D eigenvalue weighted by Gasteiger charge is -2.16. The van der Waals surface area contributed by atoms with Crippen molar-refractivity contribution in [2.45, 2.75) is 24.2 Å². The van der Waals surface area contributed by atoms with E-state index in [2.05, 4.69) is 10.3 Å². The maximum atomic E-state index is 13.0. The number of thiazole rings is 1. The summed E-state index contributed by atoms with van der Waals surface area (Å²) in [6.07, 6.45) is 1.39. The fourth-order valence-corrected chi connectivity index (χ4v) is 4.51. The van der Waals surface area contributed by atoms with Crippen LogP contribution in [-0.4, -0.2) is 49.0 Å². The number of hydrogen-bond acceptors (Lipinski definition) is 9. The lowest BCUT2D eigenvalue weighted by molar-refractivity contribution is -0.139. The van der Waals surface area contributed by atoms with Gasteiger partial charge >= 0.3 is 5.97 Å². The van der Waals surface area contributed by atoms with E-state index in [0.717, 1.165) is 4.21 Å². The Balaban J connectivity index is 1.74. The first-order valence-electron chi connectivity index (χ1n) is 10.6. The fraction of sp³-hybridized carbons (Fsp3) is 0.292. The topological polar surface area (TPSA) is 96.0 Å². The lowest BCUT2D eigenvalue weighted by atomic mass is 10.2. The summed E-state index contributed by atoms with van der Waals surface area (Å²) in [6, 6.07) is 14.3. The summed E-state index contributed by atoms with van der Waals surface area (Å²) in [4.78, 5) is 28.7. The van der Waals surface area contributed by atoms with E-state index in [4.69, 9.17) is 18.9 Å². The van der Waals surface area contributed by atoms with Gasteiger partial charge in [-0.05, 0) is 38.1 Å². The second-order valence-corrected chi connectivity index (χ2v) is 9.33. The van der Waals surface area contributed by atoms with Crippen molar-refractivity contribution in [3.8, 4) is 17.2 Å². The van der Waals surface area contributed by atoms with Gasteiger partial charge < -0.3 is 18.9 Å². The number of hydrogen-bond donors (Lipinski definition) is 1. The van der Waals surface area contributed by atoms with Crippen molar-refractivity contribution in [2.24, 2.45) is 0 Å². The number of anilines is 1. The van der Waals surface area contributed by atoms with Crippen molar-refractivity contribution in [1.82, 2.24) is 4.98 Å². The average Bonchev–Trinajstić information content (AvgIpc) is 3.26. The number of para-hydroxylation sites is 1. The van der Waals surface area contributed by atoms with E-state index >= 15 is 0 Å². The molecule has 0 bridgehead atoms. The van der Waals surface area contributed by atoms with E-state index in [0.29, 0.717) is 41.2 Å². The van der Waals surface area contributed by atoms with Crippen LogP contribution >= 0.6 is 23.1 Å². The molecule has 1 aromatic heterocycles. The van der Waals surface area contributed by atoms with Crippen molar-refractivity contribution in [3.05, 3.63) is 60.3 Å². The maximum absolute atomic E-state index is 13.0. The number of rotatable bonds is 12. The zero-order valence-electron chi connectivity index (χ0n) is 19.1. The second-order valence-electron chi connectivity index (χ2n) is 7.02. The van der Waals surface area contributed by atoms with E-state index in [1.54, 1.807) is 38.4 Å². The third kappa shape index (κ3) is 8.05. The van der Waals surface area contributed by atoms with Gasteiger partial charge in [0.15, 0.2) is 5.13 Å². The molecule has 34 heavy (non-hydrogen) atoms. The number of nitrogens with one attached hydrogen (secondary N) is 1. The number of methoxy groups -OCH3 is 1. The van der Waals surface area contributed by atoms with Gasteiger partial charge in [0.25, 0.3) is 5.91 Å². The standard InChI is InChI=1S/C24H26N2O6S2/c1-4-30-21(27)15-33-22-13-25-24(34-22)26-23(28)17-10-19(31-16(2)14-29-3)12-20(11-17)32-18-8-6-5-7-9-18/h5-13,16H,4,14-15H2,1-3H3,(H,25,26,28)/t16-/m0/s1. The minimum Gasteiger partial charge on any atom is -0.488 e. The summed E-state index contributed by atoms with van der Waals surface area (Å²) in [6.45, 7) is 4.37. The highest BCUT2D eigenvalue weighted by molar-refractivity contribution is 8.01. The number of esters is 1. The van der Waals surface area contributed by atoms with Gasteiger partial charge in [0.1, 0.15) is 23.4 Å². The molecule has 1 N–H and O–H groups in total. The molecule has 0 fully saturated rings. The normalized spacial score (nSPS) is 11.5. The number of thioether (sulfide) groups is 1. The molecule has 0 saturated carbocycles. The third-order valence-corrected chi connectivity index (χ3v) is 6.28. The molecule has 3 aromatic rings. The van der Waals surface area contributed by atoms with Crippen LogP contribution in [-0.2, 0) is 14.3 Å². The number of nitrogens with zero attached hydrogens (tertiary/aromatic N) is 1. The molecule has 1 heterocycles. The Kier molecular flexibility index (Phi) is 9.75. The van der Waals surface area contributed by atoms with Gasteiger partial charge in [-0.2, -0.15) is 0 Å². The van der Waals surface area contributed by atoms with Crippen molar-refractivity contribution in [1.29, 1.82) is 0 Å². The summed E-state index contributed by atoms with van der Waals surface area (Å²) in [7, 11) is 1.60. The van der Waals surface area contributed by atoms with Crippen LogP contribution in [0, 0.1) is 0 Å². The molecule has 10 heteroatoms. The largest absolute Gasteiger partial charge is 0.488 e. The number of carbonyl (C=O) groups excluding carboxylic acids is 2. The van der Waals surface area contributed by atoms with Gasteiger partial charge in [-0.25, -0.2) is 4.98 Å². The fourth-order valence-electron chi connectivity index (χ4n) is 2.84. The van der Waals surface area contributed by atoms with Gasteiger partial charge in [-0.15, -0.1) is 11.8 Å². The van der Waals surface area contributed by atoms with Crippen LogP contribution in [0.2, 0.25) is 0 Å². The third-order valence-electron chi connectivity index (χ3n) is 4.20. The molecule has 1 atom stereocenters. The Morgan fingerprint density at radius 2 is 1.88 bits per heavy atom. The second kappa shape index (κ2) is 13.0. The molecule has 0 unspecified atom stereocenters. The summed E-state index contributed by atoms with van der Waals surface area (Å²) in [5.74, 6) is 1.11. The molecule has 2 aromatic carbocycles. The Labute approximate surface area is 206 Å². The lowest BCUT2D eigenvalue weighted by Crippen LogP contribution is -2.18.